The summed E-state index contributed by atoms with van der Waals surface area (Å²) in [5, 5.41) is 0.444. The molecule has 0 aliphatic rings. The van der Waals surface area contributed by atoms with Gasteiger partial charge in [0.1, 0.15) is 11.5 Å². The van der Waals surface area contributed by atoms with Crippen molar-refractivity contribution < 1.29 is 18.7 Å². The van der Waals surface area contributed by atoms with Gasteiger partial charge in [0.05, 0.1) is 12.0 Å². The molecule has 0 saturated carbocycles. The molecule has 0 aliphatic heterocycles. The SMILES string of the molecule is CCOC(=O)COc1c(C)cc(-c2cc(=O)c3cccnc3o2)cc1C. The third kappa shape index (κ3) is 3.59. The number of aryl methyl sites for hydroxylation is 2. The molecule has 0 unspecified atom stereocenters. The van der Waals surface area contributed by atoms with Gasteiger partial charge in [-0.1, -0.05) is 0 Å². The van der Waals surface area contributed by atoms with Crippen LogP contribution in [0.3, 0.4) is 0 Å². The minimum Gasteiger partial charge on any atom is -0.481 e. The Hall–Kier alpha value is -3.15. The number of pyridine rings is 1. The fourth-order valence-corrected chi connectivity index (χ4v) is 2.79. The maximum atomic E-state index is 12.3. The highest BCUT2D eigenvalue weighted by Crippen LogP contribution is 2.30. The number of carbonyl (C=O) groups is 1. The summed E-state index contributed by atoms with van der Waals surface area (Å²) in [6.45, 7) is 5.65. The molecule has 26 heavy (non-hydrogen) atoms. The Morgan fingerprint density at radius 1 is 1.19 bits per heavy atom. The predicted octanol–water partition coefficient (Wildman–Crippen LogP) is 3.41. The lowest BCUT2D eigenvalue weighted by atomic mass is 10.0. The Kier molecular flexibility index (Phi) is 5.02. The van der Waals surface area contributed by atoms with E-state index >= 15 is 0 Å². The zero-order valence-corrected chi connectivity index (χ0v) is 14.9. The first kappa shape index (κ1) is 17.7. The lowest BCUT2D eigenvalue weighted by Crippen LogP contribution is -2.15. The van der Waals surface area contributed by atoms with Crippen LogP contribution >= 0.6 is 0 Å². The summed E-state index contributed by atoms with van der Waals surface area (Å²) < 4.78 is 16.2. The third-order valence-corrected chi connectivity index (χ3v) is 3.89. The first-order valence-corrected chi connectivity index (χ1v) is 8.28. The van der Waals surface area contributed by atoms with E-state index in [-0.39, 0.29) is 12.0 Å². The number of hydrogen-bond acceptors (Lipinski definition) is 6. The quantitative estimate of drug-likeness (QED) is 0.654. The number of nitrogens with zero attached hydrogens (tertiary/aromatic N) is 1. The molecule has 0 N–H and O–H groups in total. The van der Waals surface area contributed by atoms with Crippen LogP contribution in [0.1, 0.15) is 18.1 Å². The van der Waals surface area contributed by atoms with Crippen LogP contribution in [0.5, 0.6) is 5.75 Å². The molecule has 0 spiro atoms. The van der Waals surface area contributed by atoms with Gasteiger partial charge >= 0.3 is 5.97 Å². The van der Waals surface area contributed by atoms with Gasteiger partial charge in [0.25, 0.3) is 0 Å². The van der Waals surface area contributed by atoms with Crippen LogP contribution in [-0.2, 0) is 9.53 Å². The van der Waals surface area contributed by atoms with E-state index < -0.39 is 5.97 Å². The van der Waals surface area contributed by atoms with Crippen LogP contribution in [-0.4, -0.2) is 24.2 Å². The van der Waals surface area contributed by atoms with Gasteiger partial charge in [-0.2, -0.15) is 0 Å². The first-order chi connectivity index (χ1) is 12.5. The van der Waals surface area contributed by atoms with E-state index in [1.807, 2.05) is 26.0 Å². The largest absolute Gasteiger partial charge is 0.481 e. The maximum Gasteiger partial charge on any atom is 0.344 e. The van der Waals surface area contributed by atoms with Crippen LogP contribution in [0.15, 0.2) is 45.7 Å². The summed E-state index contributed by atoms with van der Waals surface area (Å²) >= 11 is 0. The number of rotatable bonds is 5. The second-order valence-corrected chi connectivity index (χ2v) is 5.86. The normalized spacial score (nSPS) is 10.7. The number of carbonyl (C=O) groups excluding carboxylic acids is 1. The lowest BCUT2D eigenvalue weighted by molar-refractivity contribution is -0.145. The summed E-state index contributed by atoms with van der Waals surface area (Å²) in [5.74, 6) is 0.634. The minimum absolute atomic E-state index is 0.146. The van der Waals surface area contributed by atoms with Crippen molar-refractivity contribution in [3.05, 3.63) is 57.9 Å². The monoisotopic (exact) mass is 353 g/mol. The summed E-state index contributed by atoms with van der Waals surface area (Å²) in [6, 6.07) is 8.53. The zero-order chi connectivity index (χ0) is 18.7. The van der Waals surface area contributed by atoms with E-state index in [2.05, 4.69) is 4.98 Å². The number of aromatic nitrogens is 1. The molecule has 0 amide bonds. The van der Waals surface area contributed by atoms with Crippen LogP contribution in [0.4, 0.5) is 0 Å². The van der Waals surface area contributed by atoms with Crippen molar-refractivity contribution in [2.45, 2.75) is 20.8 Å². The highest BCUT2D eigenvalue weighted by Gasteiger charge is 2.13. The summed E-state index contributed by atoms with van der Waals surface area (Å²) in [7, 11) is 0. The number of benzene rings is 1. The topological polar surface area (TPSA) is 78.6 Å². The molecular formula is C20H19NO5. The molecule has 0 aliphatic carbocycles. The third-order valence-electron chi connectivity index (χ3n) is 3.89. The molecule has 0 saturated heterocycles. The van der Waals surface area contributed by atoms with Gasteiger partial charge in [0, 0.05) is 17.8 Å². The van der Waals surface area contributed by atoms with Crippen molar-refractivity contribution in [2.24, 2.45) is 0 Å². The molecule has 6 heteroatoms. The van der Waals surface area contributed by atoms with Gasteiger partial charge in [-0.05, 0) is 56.2 Å². The van der Waals surface area contributed by atoms with E-state index in [4.69, 9.17) is 13.9 Å². The molecule has 3 rings (SSSR count). The molecule has 1 aromatic carbocycles. The Labute approximate surface area is 150 Å². The fraction of sp³-hybridized carbons (Fsp3) is 0.250. The Bertz CT molecular complexity index is 999. The van der Waals surface area contributed by atoms with Gasteiger partial charge in [-0.3, -0.25) is 4.79 Å². The van der Waals surface area contributed by atoms with E-state index in [0.29, 0.717) is 29.2 Å². The van der Waals surface area contributed by atoms with Gasteiger partial charge in [-0.15, -0.1) is 0 Å². The second kappa shape index (κ2) is 7.39. The number of ether oxygens (including phenoxy) is 2. The molecule has 134 valence electrons. The number of fused-ring (bicyclic) bond motifs is 1. The zero-order valence-electron chi connectivity index (χ0n) is 14.9. The Morgan fingerprint density at radius 2 is 1.92 bits per heavy atom. The molecule has 2 heterocycles. The molecular weight excluding hydrogens is 334 g/mol. The summed E-state index contributed by atoms with van der Waals surface area (Å²) in [4.78, 5) is 27.9. The number of hydrogen-bond donors (Lipinski definition) is 0. The summed E-state index contributed by atoms with van der Waals surface area (Å²) in [5.41, 5.74) is 2.55. The van der Waals surface area contributed by atoms with E-state index in [0.717, 1.165) is 16.7 Å². The standard InChI is InChI=1S/C20H19NO5/c1-4-24-18(23)11-25-19-12(2)8-14(9-13(19)3)17-10-16(22)15-6-5-7-21-20(15)26-17/h5-10H,4,11H2,1-3H3. The van der Waals surface area contributed by atoms with Crippen molar-refractivity contribution in [3.63, 3.8) is 0 Å². The van der Waals surface area contributed by atoms with Crippen molar-refractivity contribution in [2.75, 3.05) is 13.2 Å². The molecule has 6 nitrogen and oxygen atoms in total. The fourth-order valence-electron chi connectivity index (χ4n) is 2.79. The molecule has 3 aromatic rings. The van der Waals surface area contributed by atoms with E-state index in [9.17, 15) is 9.59 Å². The molecule has 0 bridgehead atoms. The van der Waals surface area contributed by atoms with E-state index in [1.165, 1.54) is 6.07 Å². The molecule has 0 radical (unpaired) electrons. The Morgan fingerprint density at radius 3 is 2.62 bits per heavy atom. The van der Waals surface area contributed by atoms with Crippen LogP contribution in [0.25, 0.3) is 22.4 Å². The van der Waals surface area contributed by atoms with Crippen molar-refractivity contribution in [1.82, 2.24) is 4.98 Å². The van der Waals surface area contributed by atoms with E-state index in [1.54, 1.807) is 25.3 Å². The van der Waals surface area contributed by atoms with Gasteiger partial charge in [0.2, 0.25) is 5.71 Å². The van der Waals surface area contributed by atoms with Crippen molar-refractivity contribution in [3.8, 4) is 17.1 Å². The van der Waals surface area contributed by atoms with Crippen LogP contribution in [0.2, 0.25) is 0 Å². The first-order valence-electron chi connectivity index (χ1n) is 8.28. The van der Waals surface area contributed by atoms with Gasteiger partial charge < -0.3 is 13.9 Å². The van der Waals surface area contributed by atoms with Gasteiger partial charge in [-0.25, -0.2) is 9.78 Å². The van der Waals surface area contributed by atoms with Crippen LogP contribution in [0, 0.1) is 13.8 Å². The molecule has 0 atom stereocenters. The summed E-state index contributed by atoms with van der Waals surface area (Å²) in [6.07, 6.45) is 1.58. The lowest BCUT2D eigenvalue weighted by Gasteiger charge is -2.13. The molecule has 2 aromatic heterocycles. The minimum atomic E-state index is -0.415. The smallest absolute Gasteiger partial charge is 0.344 e. The molecule has 0 fully saturated rings. The maximum absolute atomic E-state index is 12.3. The van der Waals surface area contributed by atoms with Crippen molar-refractivity contribution in [1.29, 1.82) is 0 Å². The van der Waals surface area contributed by atoms with Gasteiger partial charge in [0.15, 0.2) is 12.0 Å². The highest BCUT2D eigenvalue weighted by molar-refractivity contribution is 5.75. The van der Waals surface area contributed by atoms with Crippen molar-refractivity contribution >= 4 is 17.1 Å². The second-order valence-electron chi connectivity index (χ2n) is 5.86. The average Bonchev–Trinajstić information content (AvgIpc) is 2.61. The highest BCUT2D eigenvalue weighted by atomic mass is 16.6. The van der Waals surface area contributed by atoms with Crippen LogP contribution < -0.4 is 10.2 Å². The average molecular weight is 353 g/mol. The predicted molar refractivity (Wildman–Crippen MR) is 97.3 cm³/mol. The Balaban J connectivity index is 1.95. The number of esters is 1.